The van der Waals surface area contributed by atoms with Crippen molar-refractivity contribution in [2.45, 2.75) is 24.7 Å². The van der Waals surface area contributed by atoms with Crippen LogP contribution in [0.15, 0.2) is 60.7 Å². The molecule has 0 saturated carbocycles. The Hall–Kier alpha value is -0.617. The zero-order valence-corrected chi connectivity index (χ0v) is 16.7. The van der Waals surface area contributed by atoms with Crippen molar-refractivity contribution in [3.8, 4) is 0 Å². The maximum atomic E-state index is 4.93. The van der Waals surface area contributed by atoms with Crippen molar-refractivity contribution >= 4 is 29.2 Å². The van der Waals surface area contributed by atoms with Crippen LogP contribution in [-0.2, 0) is 20.8 Å². The Morgan fingerprint density at radius 3 is 1.52 bits per heavy atom. The molecule has 2 aliphatic carbocycles. The first-order valence-corrected chi connectivity index (χ1v) is 14.2. The van der Waals surface area contributed by atoms with Crippen LogP contribution in [0.3, 0.4) is 0 Å². The van der Waals surface area contributed by atoms with Gasteiger partial charge in [-0.3, -0.25) is 0 Å². The average molecular weight is 420 g/mol. The van der Waals surface area contributed by atoms with Gasteiger partial charge in [0.15, 0.2) is 0 Å². The van der Waals surface area contributed by atoms with Gasteiger partial charge in [-0.05, 0) is 35.1 Å². The minimum absolute atomic E-state index is 0.604. The summed E-state index contributed by atoms with van der Waals surface area (Å²) in [6.07, 6.45) is 11.8. The molecule has 0 saturated heterocycles. The van der Waals surface area contributed by atoms with Crippen molar-refractivity contribution in [1.29, 1.82) is 0 Å². The van der Waals surface area contributed by atoms with Gasteiger partial charge in [-0.25, -0.2) is 0 Å². The van der Waals surface area contributed by atoms with Gasteiger partial charge in [0.2, 0.25) is 0 Å². The molecule has 23 heavy (non-hydrogen) atoms. The van der Waals surface area contributed by atoms with Crippen LogP contribution in [0.25, 0.3) is 12.2 Å². The topological polar surface area (TPSA) is 0 Å². The van der Waals surface area contributed by atoms with Gasteiger partial charge in [-0.1, -0.05) is 72.8 Å². The van der Waals surface area contributed by atoms with Crippen molar-refractivity contribution in [2.24, 2.45) is 0 Å². The summed E-state index contributed by atoms with van der Waals surface area (Å²) in [4.78, 5) is 0. The van der Waals surface area contributed by atoms with Crippen LogP contribution in [0.4, 0.5) is 0 Å². The third-order valence-electron chi connectivity index (χ3n) is 4.60. The van der Waals surface area contributed by atoms with Gasteiger partial charge in [0.05, 0.1) is 0 Å². The second kappa shape index (κ2) is 8.47. The van der Waals surface area contributed by atoms with E-state index >= 15 is 0 Å². The van der Waals surface area contributed by atoms with Gasteiger partial charge in [0.25, 0.3) is 0 Å². The van der Waals surface area contributed by atoms with E-state index < -0.39 is 20.8 Å². The molecule has 0 aliphatic heterocycles. The minimum atomic E-state index is -0.826. The Kier molecular flexibility index (Phi) is 6.34. The van der Waals surface area contributed by atoms with E-state index in [9.17, 15) is 0 Å². The first-order chi connectivity index (χ1) is 11.3. The van der Waals surface area contributed by atoms with Crippen molar-refractivity contribution in [3.63, 3.8) is 0 Å². The molecule has 2 unspecified atom stereocenters. The Balaban J connectivity index is 0.000000485. The van der Waals surface area contributed by atoms with Crippen molar-refractivity contribution in [1.82, 2.24) is 0 Å². The number of halogens is 2. The van der Waals surface area contributed by atoms with Gasteiger partial charge < -0.3 is 0 Å². The van der Waals surface area contributed by atoms with Crippen molar-refractivity contribution < 1.29 is 20.8 Å². The summed E-state index contributed by atoms with van der Waals surface area (Å²) in [5, 5.41) is 0. The van der Waals surface area contributed by atoms with E-state index in [1.807, 2.05) is 0 Å². The standard InChI is InChI=1S/C20H18.2ClH.Zr/c1-3-7-19-15(5-1)9-11-17(19)13-14-18-12-10-16-6-2-4-8-20(16)18;;;/h1-12,17-18H,13-14H2;2*1H;/q;;;+2/p-2. The number of allylic oxidation sites excluding steroid dienone is 2. The summed E-state index contributed by atoms with van der Waals surface area (Å²) in [5.74, 6) is 1.21. The van der Waals surface area contributed by atoms with Gasteiger partial charge in [0, 0.05) is 11.8 Å². The fourth-order valence-electron chi connectivity index (χ4n) is 3.51. The number of fused-ring (bicyclic) bond motifs is 2. The molecule has 2 atom stereocenters. The molecule has 0 aromatic heterocycles. The summed E-state index contributed by atoms with van der Waals surface area (Å²) in [6, 6.07) is 17.6. The Bertz CT molecular complexity index is 660. The van der Waals surface area contributed by atoms with Crippen LogP contribution in [0.1, 0.15) is 46.9 Å². The van der Waals surface area contributed by atoms with E-state index in [0.29, 0.717) is 11.8 Å². The fourth-order valence-corrected chi connectivity index (χ4v) is 3.51. The molecule has 116 valence electrons. The Morgan fingerprint density at radius 2 is 1.09 bits per heavy atom. The normalized spacial score (nSPS) is 19.7. The second-order valence-corrected chi connectivity index (χ2v) is 9.57. The molecule has 0 bridgehead atoms. The number of hydrogen-bond donors (Lipinski definition) is 0. The molecule has 0 amide bonds. The second-order valence-electron chi connectivity index (χ2n) is 5.84. The molecule has 3 heteroatoms. The molecule has 0 radical (unpaired) electrons. The maximum absolute atomic E-state index is 4.93. The first kappa shape index (κ1) is 17.2. The molecule has 0 heterocycles. The van der Waals surface area contributed by atoms with Crippen LogP contribution in [-0.4, -0.2) is 0 Å². The van der Waals surface area contributed by atoms with Crippen molar-refractivity contribution in [2.75, 3.05) is 0 Å². The van der Waals surface area contributed by atoms with Gasteiger partial charge >= 0.3 is 37.9 Å². The summed E-state index contributed by atoms with van der Waals surface area (Å²) in [7, 11) is 9.87. The molecule has 0 spiro atoms. The zero-order valence-electron chi connectivity index (χ0n) is 12.8. The van der Waals surface area contributed by atoms with Crippen LogP contribution >= 0.6 is 17.0 Å². The molecule has 2 aromatic carbocycles. The predicted molar refractivity (Wildman–Crippen MR) is 97.4 cm³/mol. The van der Waals surface area contributed by atoms with Crippen LogP contribution < -0.4 is 0 Å². The van der Waals surface area contributed by atoms with Gasteiger partial charge in [0.1, 0.15) is 0 Å². The first-order valence-electron chi connectivity index (χ1n) is 7.84. The molecular weight excluding hydrogens is 402 g/mol. The third-order valence-corrected chi connectivity index (χ3v) is 4.60. The molecule has 0 nitrogen and oxygen atoms in total. The number of benzene rings is 2. The summed E-state index contributed by atoms with van der Waals surface area (Å²) < 4.78 is 0. The van der Waals surface area contributed by atoms with Gasteiger partial charge in [-0.2, -0.15) is 0 Å². The fraction of sp³-hybridized carbons (Fsp3) is 0.200. The Labute approximate surface area is 156 Å². The summed E-state index contributed by atoms with van der Waals surface area (Å²) >= 11 is -0.826. The monoisotopic (exact) mass is 418 g/mol. The van der Waals surface area contributed by atoms with E-state index in [1.54, 1.807) is 0 Å². The van der Waals surface area contributed by atoms with Crippen molar-refractivity contribution in [3.05, 3.63) is 82.9 Å². The van der Waals surface area contributed by atoms with Gasteiger partial charge in [-0.15, -0.1) is 0 Å². The number of hydrogen-bond acceptors (Lipinski definition) is 0. The van der Waals surface area contributed by atoms with E-state index in [0.717, 1.165) is 0 Å². The average Bonchev–Trinajstić information content (AvgIpc) is 3.18. The SMILES string of the molecule is C1=CC(CCC2C=Cc3ccccc32)c2ccccc21.[Cl][Zr][Cl]. The van der Waals surface area contributed by atoms with Crippen LogP contribution in [0.2, 0.25) is 0 Å². The summed E-state index contributed by atoms with van der Waals surface area (Å²) in [5.41, 5.74) is 5.81. The molecular formula is C20H18Cl2Zr. The zero-order chi connectivity index (χ0) is 16.1. The molecule has 2 aliphatic rings. The van der Waals surface area contributed by atoms with E-state index in [-0.39, 0.29) is 0 Å². The van der Waals surface area contributed by atoms with Crippen LogP contribution in [0, 0.1) is 0 Å². The quantitative estimate of drug-likeness (QED) is 0.514. The third kappa shape index (κ3) is 4.08. The van der Waals surface area contributed by atoms with Crippen LogP contribution in [0.5, 0.6) is 0 Å². The number of rotatable bonds is 3. The molecule has 4 rings (SSSR count). The predicted octanol–water partition coefficient (Wildman–Crippen LogP) is 6.76. The molecule has 0 fully saturated rings. The van der Waals surface area contributed by atoms with E-state index in [1.165, 1.54) is 35.1 Å². The van der Waals surface area contributed by atoms with E-state index in [2.05, 4.69) is 72.8 Å². The molecule has 2 aromatic rings. The summed E-state index contributed by atoms with van der Waals surface area (Å²) in [6.45, 7) is 0. The molecule has 0 N–H and O–H groups in total. The van der Waals surface area contributed by atoms with E-state index in [4.69, 9.17) is 17.0 Å². The Morgan fingerprint density at radius 1 is 0.696 bits per heavy atom.